The van der Waals surface area contributed by atoms with Gasteiger partial charge in [0.15, 0.2) is 0 Å². The third-order valence-corrected chi connectivity index (χ3v) is 3.50. The fourth-order valence-electron chi connectivity index (χ4n) is 2.30. The number of piperazine rings is 1. The molecular formula is C13H18N4O3. The van der Waals surface area contributed by atoms with Crippen molar-refractivity contribution in [3.05, 3.63) is 33.9 Å². The Hall–Kier alpha value is -2.15. The molecule has 2 atom stereocenters. The van der Waals surface area contributed by atoms with Crippen LogP contribution >= 0.6 is 0 Å². The van der Waals surface area contributed by atoms with Crippen LogP contribution in [0.4, 0.5) is 11.4 Å². The van der Waals surface area contributed by atoms with E-state index >= 15 is 0 Å². The van der Waals surface area contributed by atoms with Crippen molar-refractivity contribution in [2.45, 2.75) is 25.9 Å². The Kier molecular flexibility index (Phi) is 3.89. The number of hydrogen-bond donors (Lipinski definition) is 2. The minimum atomic E-state index is -0.528. The van der Waals surface area contributed by atoms with Crippen LogP contribution in [0.5, 0.6) is 0 Å². The van der Waals surface area contributed by atoms with Gasteiger partial charge in [-0.15, -0.1) is 0 Å². The van der Waals surface area contributed by atoms with Crippen LogP contribution in [0.3, 0.4) is 0 Å². The van der Waals surface area contributed by atoms with Gasteiger partial charge in [-0.25, -0.2) is 0 Å². The Morgan fingerprint density at radius 3 is 2.85 bits per heavy atom. The molecule has 108 valence electrons. The molecule has 7 heteroatoms. The van der Waals surface area contributed by atoms with E-state index in [0.29, 0.717) is 13.1 Å². The Bertz CT molecular complexity index is 546. The summed E-state index contributed by atoms with van der Waals surface area (Å²) in [6.07, 6.45) is 0. The number of amides is 1. The van der Waals surface area contributed by atoms with E-state index in [1.807, 2.05) is 13.8 Å². The maximum Gasteiger partial charge on any atom is 0.270 e. The van der Waals surface area contributed by atoms with E-state index in [9.17, 15) is 14.9 Å². The van der Waals surface area contributed by atoms with Gasteiger partial charge in [-0.3, -0.25) is 14.9 Å². The van der Waals surface area contributed by atoms with E-state index in [1.165, 1.54) is 18.2 Å². The largest absolute Gasteiger partial charge is 0.398 e. The second-order valence-corrected chi connectivity index (χ2v) is 5.14. The number of rotatable bonds is 2. The number of nitrogens with zero attached hydrogens (tertiary/aromatic N) is 2. The van der Waals surface area contributed by atoms with Crippen molar-refractivity contribution >= 4 is 17.3 Å². The van der Waals surface area contributed by atoms with Gasteiger partial charge in [-0.05, 0) is 19.9 Å². The zero-order valence-electron chi connectivity index (χ0n) is 11.5. The second kappa shape index (κ2) is 5.46. The van der Waals surface area contributed by atoms with Crippen molar-refractivity contribution in [3.63, 3.8) is 0 Å². The zero-order chi connectivity index (χ0) is 14.9. The fourth-order valence-corrected chi connectivity index (χ4v) is 2.30. The molecule has 1 aliphatic heterocycles. The highest BCUT2D eigenvalue weighted by Crippen LogP contribution is 2.22. The lowest BCUT2D eigenvalue weighted by Gasteiger charge is -2.37. The van der Waals surface area contributed by atoms with Gasteiger partial charge in [0.1, 0.15) is 0 Å². The van der Waals surface area contributed by atoms with Crippen molar-refractivity contribution in [1.29, 1.82) is 0 Å². The highest BCUT2D eigenvalue weighted by Gasteiger charge is 2.29. The number of nitro benzene ring substituents is 1. The van der Waals surface area contributed by atoms with Crippen LogP contribution in [-0.4, -0.2) is 40.9 Å². The number of benzene rings is 1. The average molecular weight is 278 g/mol. The molecule has 2 rings (SSSR count). The van der Waals surface area contributed by atoms with Gasteiger partial charge in [0.25, 0.3) is 11.6 Å². The first kappa shape index (κ1) is 14.3. The van der Waals surface area contributed by atoms with Crippen LogP contribution in [0, 0.1) is 10.1 Å². The van der Waals surface area contributed by atoms with Crippen LogP contribution in [-0.2, 0) is 0 Å². The Labute approximate surface area is 116 Å². The topological polar surface area (TPSA) is 102 Å². The van der Waals surface area contributed by atoms with Crippen LogP contribution in [0.1, 0.15) is 24.2 Å². The fraction of sp³-hybridized carbons (Fsp3) is 0.462. The summed E-state index contributed by atoms with van der Waals surface area (Å²) in [6.45, 7) is 5.18. The van der Waals surface area contributed by atoms with Gasteiger partial charge in [0, 0.05) is 43.0 Å². The van der Waals surface area contributed by atoms with Crippen molar-refractivity contribution in [2.24, 2.45) is 0 Å². The number of non-ortho nitro benzene ring substituents is 1. The lowest BCUT2D eigenvalue weighted by atomic mass is 10.1. The minimum absolute atomic E-state index is 0.0253. The first-order valence-electron chi connectivity index (χ1n) is 6.48. The van der Waals surface area contributed by atoms with Crippen molar-refractivity contribution < 1.29 is 9.72 Å². The molecule has 0 spiro atoms. The molecule has 0 saturated carbocycles. The minimum Gasteiger partial charge on any atom is -0.398 e. The van der Waals surface area contributed by atoms with Gasteiger partial charge in [0.2, 0.25) is 0 Å². The maximum absolute atomic E-state index is 12.5. The molecule has 7 nitrogen and oxygen atoms in total. The zero-order valence-corrected chi connectivity index (χ0v) is 11.5. The average Bonchev–Trinajstić information content (AvgIpc) is 2.41. The Balaban J connectivity index is 2.32. The number of carbonyl (C=O) groups is 1. The molecule has 1 fully saturated rings. The first-order valence-corrected chi connectivity index (χ1v) is 6.48. The van der Waals surface area contributed by atoms with Gasteiger partial charge in [0.05, 0.1) is 10.5 Å². The molecule has 1 aromatic rings. The van der Waals surface area contributed by atoms with E-state index in [1.54, 1.807) is 4.90 Å². The van der Waals surface area contributed by atoms with E-state index in [-0.39, 0.29) is 34.9 Å². The lowest BCUT2D eigenvalue weighted by molar-refractivity contribution is -0.384. The monoisotopic (exact) mass is 278 g/mol. The molecule has 1 saturated heterocycles. The quantitative estimate of drug-likeness (QED) is 0.477. The number of nitrogens with one attached hydrogen (secondary N) is 1. The second-order valence-electron chi connectivity index (χ2n) is 5.14. The van der Waals surface area contributed by atoms with Crippen molar-refractivity contribution in [3.8, 4) is 0 Å². The van der Waals surface area contributed by atoms with E-state index in [0.717, 1.165) is 0 Å². The van der Waals surface area contributed by atoms with E-state index < -0.39 is 4.92 Å². The smallest absolute Gasteiger partial charge is 0.270 e. The molecule has 0 radical (unpaired) electrons. The number of nitrogen functional groups attached to an aromatic ring is 1. The molecular weight excluding hydrogens is 260 g/mol. The van der Waals surface area contributed by atoms with E-state index in [2.05, 4.69) is 5.32 Å². The van der Waals surface area contributed by atoms with Gasteiger partial charge >= 0.3 is 0 Å². The van der Waals surface area contributed by atoms with E-state index in [4.69, 9.17) is 5.73 Å². The number of carbonyl (C=O) groups excluding carboxylic acids is 1. The van der Waals surface area contributed by atoms with Gasteiger partial charge < -0.3 is 16.0 Å². The molecule has 1 amide bonds. The molecule has 1 aromatic carbocycles. The third kappa shape index (κ3) is 2.72. The molecule has 1 heterocycles. The summed E-state index contributed by atoms with van der Waals surface area (Å²) in [4.78, 5) is 24.5. The molecule has 1 aliphatic rings. The third-order valence-electron chi connectivity index (χ3n) is 3.50. The molecule has 0 bridgehead atoms. The summed E-state index contributed by atoms with van der Waals surface area (Å²) in [5.74, 6) is -0.257. The van der Waals surface area contributed by atoms with Crippen molar-refractivity contribution in [1.82, 2.24) is 10.2 Å². The molecule has 0 aromatic heterocycles. The highest BCUT2D eigenvalue weighted by molar-refractivity contribution is 6.00. The van der Waals surface area contributed by atoms with Gasteiger partial charge in [-0.1, -0.05) is 0 Å². The summed E-state index contributed by atoms with van der Waals surface area (Å²) >= 11 is 0. The highest BCUT2D eigenvalue weighted by atomic mass is 16.6. The maximum atomic E-state index is 12.5. The summed E-state index contributed by atoms with van der Waals surface area (Å²) in [5, 5.41) is 14.1. The molecule has 3 N–H and O–H groups in total. The predicted molar refractivity (Wildman–Crippen MR) is 75.5 cm³/mol. The molecule has 0 aliphatic carbocycles. The number of hydrogen-bond acceptors (Lipinski definition) is 5. The standard InChI is InChI=1S/C13H18N4O3/c1-8-7-16(9(2)6-15-8)13(18)11-5-10(17(19)20)3-4-12(11)14/h3-5,8-9,15H,6-7,14H2,1-2H3. The lowest BCUT2D eigenvalue weighted by Crippen LogP contribution is -2.56. The Morgan fingerprint density at radius 1 is 1.50 bits per heavy atom. The normalized spacial score (nSPS) is 22.6. The van der Waals surface area contributed by atoms with Crippen LogP contribution < -0.4 is 11.1 Å². The van der Waals surface area contributed by atoms with Crippen molar-refractivity contribution in [2.75, 3.05) is 18.8 Å². The summed E-state index contributed by atoms with van der Waals surface area (Å²) in [6, 6.07) is 4.17. The summed E-state index contributed by atoms with van der Waals surface area (Å²) < 4.78 is 0. The predicted octanol–water partition coefficient (Wildman–Crippen LogP) is 0.999. The number of anilines is 1. The Morgan fingerprint density at radius 2 is 2.20 bits per heavy atom. The van der Waals surface area contributed by atoms with Crippen LogP contribution in [0.2, 0.25) is 0 Å². The molecule has 20 heavy (non-hydrogen) atoms. The first-order chi connectivity index (χ1) is 9.40. The summed E-state index contributed by atoms with van der Waals surface area (Å²) in [7, 11) is 0. The SMILES string of the molecule is CC1CN(C(=O)c2cc([N+](=O)[O-])ccc2N)C(C)CN1. The number of nitro groups is 1. The van der Waals surface area contributed by atoms with Crippen LogP contribution in [0.15, 0.2) is 18.2 Å². The molecule has 2 unspecified atom stereocenters. The van der Waals surface area contributed by atoms with Gasteiger partial charge in [-0.2, -0.15) is 0 Å². The van der Waals surface area contributed by atoms with Crippen LogP contribution in [0.25, 0.3) is 0 Å². The summed E-state index contributed by atoms with van der Waals surface area (Å²) in [5.41, 5.74) is 6.12. The number of nitrogens with two attached hydrogens (primary N) is 1.